The van der Waals surface area contributed by atoms with Crippen molar-refractivity contribution in [3.8, 4) is 0 Å². The van der Waals surface area contributed by atoms with Crippen LogP contribution in [0.25, 0.3) is 0 Å². The zero-order valence-corrected chi connectivity index (χ0v) is 14.5. The molecule has 3 heterocycles. The molecule has 10 heteroatoms. The van der Waals surface area contributed by atoms with Gasteiger partial charge in [0, 0.05) is 45.3 Å². The van der Waals surface area contributed by atoms with Crippen molar-refractivity contribution in [3.05, 3.63) is 11.8 Å². The van der Waals surface area contributed by atoms with Crippen LogP contribution in [0, 0.1) is 0 Å². The van der Waals surface area contributed by atoms with Crippen LogP contribution < -0.4 is 5.32 Å². The monoisotopic (exact) mass is 357 g/mol. The first-order chi connectivity index (χ1) is 11.5. The van der Waals surface area contributed by atoms with Crippen LogP contribution in [-0.2, 0) is 14.8 Å². The van der Waals surface area contributed by atoms with Crippen molar-refractivity contribution in [1.82, 2.24) is 24.7 Å². The first-order valence-electron chi connectivity index (χ1n) is 8.19. The largest absolute Gasteiger partial charge is 0.462 e. The molecular weight excluding hydrogens is 334 g/mol. The molecule has 9 nitrogen and oxygen atoms in total. The Morgan fingerprint density at radius 2 is 2.12 bits per heavy atom. The van der Waals surface area contributed by atoms with Crippen molar-refractivity contribution in [2.24, 2.45) is 0 Å². The molecule has 0 aliphatic carbocycles. The number of ether oxygens (including phenoxy) is 1. The van der Waals surface area contributed by atoms with Crippen LogP contribution in [0.2, 0.25) is 0 Å². The van der Waals surface area contributed by atoms with Crippen molar-refractivity contribution in [2.75, 3.05) is 45.9 Å². The molecule has 1 unspecified atom stereocenters. The molecule has 2 saturated heterocycles. The van der Waals surface area contributed by atoms with Gasteiger partial charge in [-0.05, 0) is 13.3 Å². The maximum absolute atomic E-state index is 12.9. The number of piperazine rings is 1. The van der Waals surface area contributed by atoms with E-state index in [0.29, 0.717) is 13.1 Å². The maximum Gasteiger partial charge on any atom is 0.342 e. The Bertz CT molecular complexity index is 683. The molecule has 24 heavy (non-hydrogen) atoms. The number of aromatic nitrogens is 2. The molecule has 0 amide bonds. The fourth-order valence-electron chi connectivity index (χ4n) is 3.23. The predicted octanol–water partition coefficient (Wildman–Crippen LogP) is -0.745. The van der Waals surface area contributed by atoms with Crippen LogP contribution in [-0.4, -0.2) is 85.7 Å². The molecule has 134 valence electrons. The summed E-state index contributed by atoms with van der Waals surface area (Å²) in [6.07, 6.45) is 2.00. The standard InChI is InChI=1S/C14H23N5O4S/c1-2-23-14(20)12-9-16-17-13(12)24(21,22)19-6-3-11(10-19)18-7-4-15-5-8-18/h9,11,15H,2-8,10H2,1H3,(H,16,17). The minimum atomic E-state index is -3.79. The zero-order valence-electron chi connectivity index (χ0n) is 13.7. The van der Waals surface area contributed by atoms with Crippen LogP contribution in [0.15, 0.2) is 11.2 Å². The van der Waals surface area contributed by atoms with E-state index < -0.39 is 16.0 Å². The van der Waals surface area contributed by atoms with Gasteiger partial charge in [-0.2, -0.15) is 9.40 Å². The first kappa shape index (κ1) is 17.3. The van der Waals surface area contributed by atoms with Gasteiger partial charge < -0.3 is 10.1 Å². The van der Waals surface area contributed by atoms with Gasteiger partial charge in [0.15, 0.2) is 5.03 Å². The van der Waals surface area contributed by atoms with E-state index in [0.717, 1.165) is 32.6 Å². The van der Waals surface area contributed by atoms with Crippen LogP contribution in [0.4, 0.5) is 0 Å². The van der Waals surface area contributed by atoms with E-state index in [1.54, 1.807) is 6.92 Å². The summed E-state index contributed by atoms with van der Waals surface area (Å²) in [6, 6.07) is 0.218. The third-order valence-corrected chi connectivity index (χ3v) is 6.33. The zero-order chi connectivity index (χ0) is 17.2. The van der Waals surface area contributed by atoms with E-state index >= 15 is 0 Å². The summed E-state index contributed by atoms with van der Waals surface area (Å²) in [7, 11) is -3.79. The number of nitrogens with one attached hydrogen (secondary N) is 2. The number of sulfonamides is 1. The Hall–Kier alpha value is -1.49. The van der Waals surface area contributed by atoms with Gasteiger partial charge in [-0.3, -0.25) is 10.00 Å². The second-order valence-corrected chi connectivity index (χ2v) is 7.80. The first-order valence-corrected chi connectivity index (χ1v) is 9.63. The number of hydrogen-bond acceptors (Lipinski definition) is 7. The van der Waals surface area contributed by atoms with Crippen molar-refractivity contribution >= 4 is 16.0 Å². The van der Waals surface area contributed by atoms with Gasteiger partial charge in [-0.1, -0.05) is 0 Å². The number of H-pyrrole nitrogens is 1. The van der Waals surface area contributed by atoms with E-state index in [-0.39, 0.29) is 23.2 Å². The molecule has 0 saturated carbocycles. The van der Waals surface area contributed by atoms with Crippen LogP contribution in [0.1, 0.15) is 23.7 Å². The van der Waals surface area contributed by atoms with E-state index in [9.17, 15) is 13.2 Å². The molecule has 1 aromatic heterocycles. The van der Waals surface area contributed by atoms with Crippen LogP contribution >= 0.6 is 0 Å². The smallest absolute Gasteiger partial charge is 0.342 e. The molecule has 1 aromatic rings. The van der Waals surface area contributed by atoms with Gasteiger partial charge in [-0.25, -0.2) is 13.2 Å². The molecule has 3 rings (SSSR count). The summed E-state index contributed by atoms with van der Waals surface area (Å²) >= 11 is 0. The maximum atomic E-state index is 12.9. The van der Waals surface area contributed by atoms with Gasteiger partial charge >= 0.3 is 5.97 Å². The second-order valence-electron chi connectivity index (χ2n) is 5.92. The third kappa shape index (κ3) is 3.32. The summed E-state index contributed by atoms with van der Waals surface area (Å²) in [4.78, 5) is 14.2. The lowest BCUT2D eigenvalue weighted by Crippen LogP contribution is -2.49. The fraction of sp³-hybridized carbons (Fsp3) is 0.714. The topological polar surface area (TPSA) is 108 Å². The van der Waals surface area contributed by atoms with Gasteiger partial charge in [0.2, 0.25) is 0 Å². The summed E-state index contributed by atoms with van der Waals surface area (Å²) in [5, 5.41) is 9.29. The van der Waals surface area contributed by atoms with Crippen molar-refractivity contribution in [3.63, 3.8) is 0 Å². The molecule has 0 bridgehead atoms. The lowest BCUT2D eigenvalue weighted by atomic mass is 10.2. The Morgan fingerprint density at radius 1 is 1.38 bits per heavy atom. The molecular formula is C14H23N5O4S. The molecule has 1 atom stereocenters. The van der Waals surface area contributed by atoms with E-state index in [1.165, 1.54) is 10.5 Å². The predicted molar refractivity (Wildman–Crippen MR) is 86.2 cm³/mol. The van der Waals surface area contributed by atoms with Crippen molar-refractivity contribution in [1.29, 1.82) is 0 Å². The Morgan fingerprint density at radius 3 is 2.83 bits per heavy atom. The minimum absolute atomic E-state index is 0.0394. The molecule has 2 aliphatic heterocycles. The Kier molecular flexibility index (Phi) is 5.18. The second kappa shape index (κ2) is 7.18. The molecule has 0 spiro atoms. The highest BCUT2D eigenvalue weighted by Crippen LogP contribution is 2.25. The number of aromatic amines is 1. The average molecular weight is 357 g/mol. The average Bonchev–Trinajstić information content (AvgIpc) is 3.26. The van der Waals surface area contributed by atoms with Crippen molar-refractivity contribution < 1.29 is 17.9 Å². The summed E-state index contributed by atoms with van der Waals surface area (Å²) < 4.78 is 32.1. The lowest BCUT2D eigenvalue weighted by Gasteiger charge is -2.32. The SMILES string of the molecule is CCOC(=O)c1cn[nH]c1S(=O)(=O)N1CCC(N2CCNCC2)C1. The van der Waals surface area contributed by atoms with Gasteiger partial charge in [0.25, 0.3) is 10.0 Å². The van der Waals surface area contributed by atoms with E-state index in [4.69, 9.17) is 4.74 Å². The highest BCUT2D eigenvalue weighted by atomic mass is 32.2. The van der Waals surface area contributed by atoms with Crippen LogP contribution in [0.3, 0.4) is 0 Å². The Balaban J connectivity index is 1.75. The number of carbonyl (C=O) groups excluding carboxylic acids is 1. The van der Waals surface area contributed by atoms with Gasteiger partial charge in [0.05, 0.1) is 12.8 Å². The summed E-state index contributed by atoms with van der Waals surface area (Å²) in [6.45, 7) is 6.44. The number of rotatable bonds is 5. The molecule has 2 N–H and O–H groups in total. The molecule has 2 aliphatic rings. The normalized spacial score (nSPS) is 23.5. The number of carbonyl (C=O) groups is 1. The number of esters is 1. The summed E-state index contributed by atoms with van der Waals surface area (Å²) in [5.41, 5.74) is -0.0394. The third-order valence-electron chi connectivity index (χ3n) is 4.49. The fourth-order valence-corrected chi connectivity index (χ4v) is 4.78. The summed E-state index contributed by atoms with van der Waals surface area (Å²) in [5.74, 6) is -0.678. The molecule has 0 aromatic carbocycles. The highest BCUT2D eigenvalue weighted by Gasteiger charge is 2.38. The van der Waals surface area contributed by atoms with E-state index in [2.05, 4.69) is 20.4 Å². The molecule has 0 radical (unpaired) electrons. The van der Waals surface area contributed by atoms with E-state index in [1.807, 2.05) is 0 Å². The van der Waals surface area contributed by atoms with Gasteiger partial charge in [0.1, 0.15) is 5.56 Å². The Labute approximate surface area is 141 Å². The minimum Gasteiger partial charge on any atom is -0.462 e. The number of hydrogen-bond donors (Lipinski definition) is 2. The highest BCUT2D eigenvalue weighted by molar-refractivity contribution is 7.89. The van der Waals surface area contributed by atoms with Crippen LogP contribution in [0.5, 0.6) is 0 Å². The number of nitrogens with zero attached hydrogens (tertiary/aromatic N) is 3. The molecule has 2 fully saturated rings. The van der Waals surface area contributed by atoms with Gasteiger partial charge in [-0.15, -0.1) is 0 Å². The lowest BCUT2D eigenvalue weighted by molar-refractivity contribution is 0.0521. The van der Waals surface area contributed by atoms with Crippen molar-refractivity contribution in [2.45, 2.75) is 24.4 Å². The quantitative estimate of drug-likeness (QED) is 0.668.